The minimum atomic E-state index is 0.621. The van der Waals surface area contributed by atoms with Gasteiger partial charge < -0.3 is 0 Å². The number of nitrogens with one attached hydrogen (secondary N) is 1. The fourth-order valence-electron chi connectivity index (χ4n) is 3.06. The third-order valence-electron chi connectivity index (χ3n) is 4.23. The zero-order valence-electron chi connectivity index (χ0n) is 14.0. The Labute approximate surface area is 148 Å². The maximum Gasteiger partial charge on any atom is 0.258 e. The predicted molar refractivity (Wildman–Crippen MR) is 97.9 cm³/mol. The highest BCUT2D eigenvalue weighted by molar-refractivity contribution is 5.65. The molecule has 26 heavy (non-hydrogen) atoms. The van der Waals surface area contributed by atoms with E-state index in [1.54, 1.807) is 0 Å². The summed E-state index contributed by atoms with van der Waals surface area (Å²) in [6, 6.07) is 21.9. The molecule has 0 unspecified atom stereocenters. The molecule has 7 heteroatoms. The predicted octanol–water partition coefficient (Wildman–Crippen LogP) is 3.28. The Morgan fingerprint density at radius 1 is 0.731 bits per heavy atom. The van der Waals surface area contributed by atoms with E-state index in [2.05, 4.69) is 25.5 Å². The summed E-state index contributed by atoms with van der Waals surface area (Å²) >= 11 is 0. The summed E-state index contributed by atoms with van der Waals surface area (Å²) in [4.78, 5) is 0. The van der Waals surface area contributed by atoms with Crippen LogP contribution in [0.1, 0.15) is 5.69 Å². The van der Waals surface area contributed by atoms with Gasteiger partial charge in [-0.15, -0.1) is 20.4 Å². The molecule has 0 saturated carbocycles. The number of aromatic amines is 1. The Hall–Kier alpha value is -3.74. The number of hydrogen-bond acceptors (Lipinski definition) is 4. The molecule has 7 nitrogen and oxygen atoms in total. The first-order valence-corrected chi connectivity index (χ1v) is 8.28. The van der Waals surface area contributed by atoms with Gasteiger partial charge in [0.05, 0.1) is 0 Å². The number of nitrogens with zero attached hydrogens (tertiary/aromatic N) is 6. The molecule has 5 rings (SSSR count). The summed E-state index contributed by atoms with van der Waals surface area (Å²) < 4.78 is 3.78. The van der Waals surface area contributed by atoms with Crippen molar-refractivity contribution < 1.29 is 0 Å². The Kier molecular flexibility index (Phi) is 3.18. The van der Waals surface area contributed by atoms with Crippen molar-refractivity contribution in [1.82, 2.24) is 34.6 Å². The third-order valence-corrected chi connectivity index (χ3v) is 4.23. The summed E-state index contributed by atoms with van der Waals surface area (Å²) in [6.07, 6.45) is 0. The molecule has 0 radical (unpaired) electrons. The van der Waals surface area contributed by atoms with Crippen molar-refractivity contribution >= 4 is 5.65 Å². The van der Waals surface area contributed by atoms with Crippen molar-refractivity contribution in [3.8, 4) is 28.7 Å². The Balaban J connectivity index is 1.82. The van der Waals surface area contributed by atoms with Gasteiger partial charge in [-0.2, -0.15) is 0 Å². The van der Waals surface area contributed by atoms with E-state index in [0.717, 1.165) is 22.5 Å². The van der Waals surface area contributed by atoms with Crippen LogP contribution in [-0.4, -0.2) is 34.6 Å². The molecule has 0 bridgehead atoms. The van der Waals surface area contributed by atoms with Gasteiger partial charge in [-0.3, -0.25) is 5.10 Å². The first-order valence-electron chi connectivity index (χ1n) is 8.28. The summed E-state index contributed by atoms with van der Waals surface area (Å²) in [7, 11) is 0. The van der Waals surface area contributed by atoms with E-state index in [1.165, 1.54) is 0 Å². The highest BCUT2D eigenvalue weighted by Gasteiger charge is 2.21. The fourth-order valence-corrected chi connectivity index (χ4v) is 3.06. The maximum absolute atomic E-state index is 4.45. The van der Waals surface area contributed by atoms with Crippen LogP contribution in [0.3, 0.4) is 0 Å². The van der Waals surface area contributed by atoms with Gasteiger partial charge in [0.1, 0.15) is 0 Å². The zero-order chi connectivity index (χ0) is 17.5. The second-order valence-corrected chi connectivity index (χ2v) is 6.05. The quantitative estimate of drug-likeness (QED) is 0.546. The van der Waals surface area contributed by atoms with Crippen molar-refractivity contribution in [1.29, 1.82) is 0 Å². The second-order valence-electron chi connectivity index (χ2n) is 6.05. The number of aromatic nitrogens is 7. The van der Waals surface area contributed by atoms with E-state index < -0.39 is 0 Å². The lowest BCUT2D eigenvalue weighted by atomic mass is 10.2. The number of benzene rings is 2. The van der Waals surface area contributed by atoms with Crippen molar-refractivity contribution in [2.24, 2.45) is 0 Å². The van der Waals surface area contributed by atoms with Crippen LogP contribution in [0.4, 0.5) is 0 Å². The Morgan fingerprint density at radius 2 is 1.31 bits per heavy atom. The molecule has 1 N–H and O–H groups in total. The van der Waals surface area contributed by atoms with Gasteiger partial charge >= 0.3 is 0 Å². The average Bonchev–Trinajstić information content (AvgIpc) is 3.36. The largest absolute Gasteiger partial charge is 0.294 e. The van der Waals surface area contributed by atoms with E-state index in [1.807, 2.05) is 82.7 Å². The van der Waals surface area contributed by atoms with Crippen LogP contribution in [0, 0.1) is 6.92 Å². The monoisotopic (exact) mass is 341 g/mol. The zero-order valence-corrected chi connectivity index (χ0v) is 14.0. The van der Waals surface area contributed by atoms with Crippen LogP contribution < -0.4 is 0 Å². The molecule has 3 aromatic heterocycles. The lowest BCUT2D eigenvalue weighted by molar-refractivity contribution is 0.839. The second kappa shape index (κ2) is 5.66. The molecule has 0 spiro atoms. The molecule has 0 aliphatic carbocycles. The van der Waals surface area contributed by atoms with Gasteiger partial charge in [-0.05, 0) is 6.92 Å². The topological polar surface area (TPSA) is 76.7 Å². The molecular formula is C19H15N7. The van der Waals surface area contributed by atoms with E-state index in [9.17, 15) is 0 Å². The van der Waals surface area contributed by atoms with Crippen LogP contribution in [0.25, 0.3) is 34.4 Å². The molecule has 0 amide bonds. The molecule has 0 fully saturated rings. The maximum atomic E-state index is 4.45. The minimum absolute atomic E-state index is 0.621. The molecule has 0 atom stereocenters. The van der Waals surface area contributed by atoms with Crippen molar-refractivity contribution in [2.75, 3.05) is 0 Å². The first kappa shape index (κ1) is 14.6. The average molecular weight is 341 g/mol. The van der Waals surface area contributed by atoms with Gasteiger partial charge in [0.25, 0.3) is 5.95 Å². The minimum Gasteiger partial charge on any atom is -0.294 e. The smallest absolute Gasteiger partial charge is 0.258 e. The van der Waals surface area contributed by atoms with Crippen LogP contribution in [0.15, 0.2) is 66.7 Å². The summed E-state index contributed by atoms with van der Waals surface area (Å²) in [6.45, 7) is 1.99. The van der Waals surface area contributed by atoms with Gasteiger partial charge in [0.15, 0.2) is 17.3 Å². The van der Waals surface area contributed by atoms with Crippen LogP contribution in [0.5, 0.6) is 0 Å². The molecule has 2 aromatic carbocycles. The van der Waals surface area contributed by atoms with Crippen LogP contribution in [0.2, 0.25) is 0 Å². The molecule has 126 valence electrons. The normalized spacial score (nSPS) is 11.3. The van der Waals surface area contributed by atoms with E-state index in [-0.39, 0.29) is 0 Å². The first-order chi connectivity index (χ1) is 12.8. The van der Waals surface area contributed by atoms with Gasteiger partial charge in [-0.1, -0.05) is 60.7 Å². The Bertz CT molecular complexity index is 1130. The lowest BCUT2D eigenvalue weighted by Crippen LogP contribution is -2.06. The van der Waals surface area contributed by atoms with E-state index >= 15 is 0 Å². The molecule has 0 aliphatic rings. The van der Waals surface area contributed by atoms with Crippen molar-refractivity contribution in [2.45, 2.75) is 6.92 Å². The number of fused-ring (bicyclic) bond motifs is 1. The molecular weight excluding hydrogens is 326 g/mol. The highest BCUT2D eigenvalue weighted by Crippen LogP contribution is 2.27. The van der Waals surface area contributed by atoms with Crippen molar-refractivity contribution in [3.63, 3.8) is 0 Å². The number of aryl methyl sites for hydroxylation is 1. The Morgan fingerprint density at radius 3 is 1.88 bits per heavy atom. The van der Waals surface area contributed by atoms with Crippen LogP contribution >= 0.6 is 0 Å². The number of hydrogen-bond donors (Lipinski definition) is 1. The molecule has 3 heterocycles. The molecule has 5 aromatic rings. The SMILES string of the molecule is Cc1cc2nnc(-n3c(-c4ccccc4)nnc3-c3ccccc3)n2[nH]1. The van der Waals surface area contributed by atoms with Crippen molar-refractivity contribution in [3.05, 3.63) is 72.4 Å². The van der Waals surface area contributed by atoms with Gasteiger partial charge in [-0.25, -0.2) is 9.08 Å². The van der Waals surface area contributed by atoms with Gasteiger partial charge in [0, 0.05) is 22.9 Å². The lowest BCUT2D eigenvalue weighted by Gasteiger charge is -2.08. The summed E-state index contributed by atoms with van der Waals surface area (Å²) in [5.41, 5.74) is 3.68. The summed E-state index contributed by atoms with van der Waals surface area (Å²) in [5.74, 6) is 2.05. The number of H-pyrrole nitrogens is 1. The highest BCUT2D eigenvalue weighted by atomic mass is 15.5. The van der Waals surface area contributed by atoms with E-state index in [4.69, 9.17) is 0 Å². The van der Waals surface area contributed by atoms with Gasteiger partial charge in [0.2, 0.25) is 0 Å². The number of rotatable bonds is 3. The molecule has 0 saturated heterocycles. The summed E-state index contributed by atoms with van der Waals surface area (Å²) in [5, 5.41) is 20.8. The van der Waals surface area contributed by atoms with Crippen LogP contribution in [-0.2, 0) is 0 Å². The fraction of sp³-hybridized carbons (Fsp3) is 0.0526. The standard InChI is InChI=1S/C19H15N7/c1-13-12-16-20-23-19(26(16)24-13)25-17(14-8-4-2-5-9-14)21-22-18(25)15-10-6-3-7-11-15/h2-12,24H,1H3. The molecule has 0 aliphatic heterocycles. The third kappa shape index (κ3) is 2.21. The van der Waals surface area contributed by atoms with E-state index in [0.29, 0.717) is 17.6 Å².